The molecular formula is C42H29IrN2S-. The minimum atomic E-state index is -0.0533. The number of hydrogen-bond donors (Lipinski definition) is 0. The van der Waals surface area contributed by atoms with Crippen LogP contribution < -0.4 is 0 Å². The predicted octanol–water partition coefficient (Wildman–Crippen LogP) is 11.3. The van der Waals surface area contributed by atoms with Crippen LogP contribution in [0.25, 0.3) is 70.8 Å². The van der Waals surface area contributed by atoms with E-state index in [0.717, 1.165) is 11.3 Å². The minimum absolute atomic E-state index is 0. The third kappa shape index (κ3) is 4.44. The van der Waals surface area contributed by atoms with Crippen molar-refractivity contribution in [2.24, 2.45) is 0 Å². The van der Waals surface area contributed by atoms with Crippen LogP contribution in [0.4, 0.5) is 0 Å². The van der Waals surface area contributed by atoms with E-state index < -0.39 is 0 Å². The Kier molecular flexibility index (Phi) is 6.92. The van der Waals surface area contributed by atoms with E-state index in [1.807, 2.05) is 41.8 Å². The summed E-state index contributed by atoms with van der Waals surface area (Å²) in [6.45, 7) is 4.71. The molecule has 0 atom stereocenters. The fourth-order valence-electron chi connectivity index (χ4n) is 7.16. The molecule has 46 heavy (non-hydrogen) atoms. The monoisotopic (exact) mass is 786 g/mol. The van der Waals surface area contributed by atoms with Gasteiger partial charge in [0.1, 0.15) is 0 Å². The van der Waals surface area contributed by atoms with E-state index >= 15 is 0 Å². The first-order chi connectivity index (χ1) is 22.1. The predicted molar refractivity (Wildman–Crippen MR) is 189 cm³/mol. The SMILES string of the molecule is CC1(C)c2ccccc2-c2cc3c4cc(-c5ccc(-c6cc[c-]c(-c7ccccn7)c6)s5)ccc4n(-c4ccccc4)c3cc21.[Ir]. The molecule has 8 aromatic rings. The second kappa shape index (κ2) is 11.0. The van der Waals surface area contributed by atoms with Crippen LogP contribution >= 0.6 is 11.3 Å². The van der Waals surface area contributed by atoms with Crippen molar-refractivity contribution < 1.29 is 20.1 Å². The van der Waals surface area contributed by atoms with Crippen LogP contribution in [0, 0.1) is 6.07 Å². The van der Waals surface area contributed by atoms with E-state index in [2.05, 4.69) is 139 Å². The molecule has 4 heteroatoms. The van der Waals surface area contributed by atoms with E-state index in [-0.39, 0.29) is 25.5 Å². The molecule has 1 aliphatic rings. The van der Waals surface area contributed by atoms with Crippen LogP contribution in [0.1, 0.15) is 25.0 Å². The molecule has 0 bridgehead atoms. The summed E-state index contributed by atoms with van der Waals surface area (Å²) in [4.78, 5) is 7.02. The van der Waals surface area contributed by atoms with E-state index in [4.69, 9.17) is 0 Å². The Morgan fingerprint density at radius 1 is 0.630 bits per heavy atom. The number of hydrogen-bond acceptors (Lipinski definition) is 2. The van der Waals surface area contributed by atoms with Gasteiger partial charge in [0.05, 0.1) is 11.0 Å². The molecule has 1 radical (unpaired) electrons. The first-order valence-corrected chi connectivity index (χ1v) is 16.2. The molecule has 0 saturated heterocycles. The van der Waals surface area contributed by atoms with Gasteiger partial charge in [-0.15, -0.1) is 41.2 Å². The molecule has 0 aliphatic heterocycles. The van der Waals surface area contributed by atoms with E-state index in [1.54, 1.807) is 0 Å². The Bertz CT molecular complexity index is 2400. The van der Waals surface area contributed by atoms with E-state index in [0.29, 0.717) is 0 Å². The van der Waals surface area contributed by atoms with Crippen molar-refractivity contribution in [3.05, 3.63) is 157 Å². The van der Waals surface area contributed by atoms with Gasteiger partial charge in [0.15, 0.2) is 0 Å². The topological polar surface area (TPSA) is 17.8 Å². The molecule has 0 unspecified atom stereocenters. The van der Waals surface area contributed by atoms with Gasteiger partial charge in [0.2, 0.25) is 0 Å². The molecule has 0 spiro atoms. The third-order valence-electron chi connectivity index (χ3n) is 9.40. The van der Waals surface area contributed by atoms with Crippen molar-refractivity contribution in [3.63, 3.8) is 0 Å². The smallest absolute Gasteiger partial charge is 0.0544 e. The fourth-order valence-corrected chi connectivity index (χ4v) is 8.16. The molecule has 0 fully saturated rings. The van der Waals surface area contributed by atoms with Crippen LogP contribution in [0.3, 0.4) is 0 Å². The van der Waals surface area contributed by atoms with Crippen molar-refractivity contribution in [3.8, 4) is 49.0 Å². The van der Waals surface area contributed by atoms with Gasteiger partial charge in [-0.1, -0.05) is 80.1 Å². The Hall–Kier alpha value is -4.60. The Morgan fingerprint density at radius 2 is 1.37 bits per heavy atom. The van der Waals surface area contributed by atoms with Gasteiger partial charge in [-0.25, -0.2) is 0 Å². The quantitative estimate of drug-likeness (QED) is 0.163. The first-order valence-electron chi connectivity index (χ1n) is 15.4. The molecule has 2 nitrogen and oxygen atoms in total. The maximum Gasteiger partial charge on any atom is 0.0544 e. The van der Waals surface area contributed by atoms with Gasteiger partial charge in [0.25, 0.3) is 0 Å². The van der Waals surface area contributed by atoms with Crippen molar-refractivity contribution in [1.29, 1.82) is 0 Å². The molecule has 1 aliphatic carbocycles. The number of benzene rings is 5. The van der Waals surface area contributed by atoms with Crippen LogP contribution in [0.2, 0.25) is 0 Å². The Balaban J connectivity index is 0.00000312. The van der Waals surface area contributed by atoms with Crippen molar-refractivity contribution in [2.75, 3.05) is 0 Å². The second-order valence-electron chi connectivity index (χ2n) is 12.4. The third-order valence-corrected chi connectivity index (χ3v) is 10.6. The van der Waals surface area contributed by atoms with Gasteiger partial charge in [-0.3, -0.25) is 0 Å². The van der Waals surface area contributed by atoms with Crippen molar-refractivity contribution in [2.45, 2.75) is 19.3 Å². The number of aromatic nitrogens is 2. The number of para-hydroxylation sites is 1. The van der Waals surface area contributed by atoms with E-state index in [1.165, 1.54) is 70.6 Å². The van der Waals surface area contributed by atoms with Gasteiger partial charge in [-0.2, -0.15) is 0 Å². The molecule has 3 aromatic heterocycles. The van der Waals surface area contributed by atoms with Gasteiger partial charge >= 0.3 is 0 Å². The normalized spacial score (nSPS) is 13.0. The second-order valence-corrected chi connectivity index (χ2v) is 13.4. The molecule has 223 valence electrons. The maximum atomic E-state index is 4.53. The van der Waals surface area contributed by atoms with Crippen LogP contribution in [-0.4, -0.2) is 9.55 Å². The summed E-state index contributed by atoms with van der Waals surface area (Å²) in [5, 5.41) is 2.57. The van der Waals surface area contributed by atoms with Crippen molar-refractivity contribution >= 4 is 33.1 Å². The fraction of sp³-hybridized carbons (Fsp3) is 0.0714. The number of thiophene rings is 1. The number of pyridine rings is 1. The van der Waals surface area contributed by atoms with Crippen LogP contribution in [0.5, 0.6) is 0 Å². The minimum Gasteiger partial charge on any atom is -0.309 e. The zero-order valence-corrected chi connectivity index (χ0v) is 28.6. The zero-order chi connectivity index (χ0) is 30.1. The molecule has 9 rings (SSSR count). The largest absolute Gasteiger partial charge is 0.309 e. The van der Waals surface area contributed by atoms with Gasteiger partial charge in [0, 0.05) is 57.9 Å². The standard InChI is InChI=1S/C42H29N2S.Ir/c1-42(2)35-16-7-6-15-31(35)32-25-34-33-24-29(18-19-38(33)44(39(34)26-36(32)42)30-13-4-3-5-14-30)41-21-20-40(45-41)28-12-10-11-27(23-28)37-17-8-9-22-43-37;/h3-10,12-26H,1-2H3;/q-1;. The number of fused-ring (bicyclic) bond motifs is 6. The number of nitrogens with zero attached hydrogens (tertiary/aromatic N) is 2. The first kappa shape index (κ1) is 28.8. The summed E-state index contributed by atoms with van der Waals surface area (Å²) in [5.41, 5.74) is 13.5. The summed E-state index contributed by atoms with van der Waals surface area (Å²) in [7, 11) is 0. The summed E-state index contributed by atoms with van der Waals surface area (Å²) < 4.78 is 2.44. The molecule has 0 N–H and O–H groups in total. The molecular weight excluding hydrogens is 757 g/mol. The summed E-state index contributed by atoms with van der Waals surface area (Å²) >= 11 is 1.83. The molecule has 0 saturated carbocycles. The molecule has 0 amide bonds. The van der Waals surface area contributed by atoms with Gasteiger partial charge < -0.3 is 9.55 Å². The van der Waals surface area contributed by atoms with Crippen molar-refractivity contribution in [1.82, 2.24) is 9.55 Å². The zero-order valence-electron chi connectivity index (χ0n) is 25.4. The average molecular weight is 786 g/mol. The maximum absolute atomic E-state index is 4.53. The molecule has 3 heterocycles. The summed E-state index contributed by atoms with van der Waals surface area (Å²) in [5.74, 6) is 0. The van der Waals surface area contributed by atoms with Gasteiger partial charge in [-0.05, 0) is 88.1 Å². The summed E-state index contributed by atoms with van der Waals surface area (Å²) in [6.07, 6.45) is 1.83. The molecule has 5 aromatic carbocycles. The Labute approximate surface area is 286 Å². The van der Waals surface area contributed by atoms with Crippen LogP contribution in [0.15, 0.2) is 140 Å². The summed E-state index contributed by atoms with van der Waals surface area (Å²) in [6, 6.07) is 51.7. The van der Waals surface area contributed by atoms with Crippen LogP contribution in [-0.2, 0) is 25.5 Å². The average Bonchev–Trinajstić information content (AvgIpc) is 3.77. The van der Waals surface area contributed by atoms with E-state index in [9.17, 15) is 0 Å². The Morgan fingerprint density at radius 3 is 2.17 bits per heavy atom. The number of rotatable bonds is 4.